The van der Waals surface area contributed by atoms with Gasteiger partial charge in [-0.15, -0.1) is 0 Å². The molecule has 0 amide bonds. The van der Waals surface area contributed by atoms with Crippen molar-refractivity contribution in [3.63, 3.8) is 0 Å². The number of halogens is 1. The number of sulfone groups is 1. The predicted molar refractivity (Wildman–Crippen MR) is 74.5 cm³/mol. The Kier molecular flexibility index (Phi) is 2.93. The van der Waals surface area contributed by atoms with E-state index in [9.17, 15) is 18.3 Å². The zero-order chi connectivity index (χ0) is 14.6. The molecule has 6 heteroatoms. The van der Waals surface area contributed by atoms with Gasteiger partial charge in [0.15, 0.2) is 14.6 Å². The Bertz CT molecular complexity index is 668. The standard InChI is InChI=1S/C14H15ClO4S/c15-10-4-1-2-5-11(10)20(18,19)14(12(16)17)8-13(9-14)6-3-7-13/h1-2,4-5H,3,6-9H2,(H,16,17). The van der Waals surface area contributed by atoms with Crippen molar-refractivity contribution in [3.8, 4) is 0 Å². The molecule has 0 radical (unpaired) electrons. The van der Waals surface area contributed by atoms with Gasteiger partial charge in [0.05, 0.1) is 9.92 Å². The van der Waals surface area contributed by atoms with E-state index in [-0.39, 0.29) is 28.2 Å². The van der Waals surface area contributed by atoms with E-state index in [0.29, 0.717) is 0 Å². The Labute approximate surface area is 122 Å². The number of carboxylic acid groups (broad SMARTS) is 1. The third-order valence-electron chi connectivity index (χ3n) is 4.77. The van der Waals surface area contributed by atoms with Gasteiger partial charge in [-0.3, -0.25) is 4.79 Å². The summed E-state index contributed by atoms with van der Waals surface area (Å²) in [5.41, 5.74) is -0.0628. The van der Waals surface area contributed by atoms with Gasteiger partial charge in [-0.1, -0.05) is 30.2 Å². The Morgan fingerprint density at radius 3 is 2.25 bits per heavy atom. The molecular weight excluding hydrogens is 300 g/mol. The molecule has 0 aromatic heterocycles. The number of hydrogen-bond acceptors (Lipinski definition) is 3. The average Bonchev–Trinajstić information content (AvgIpc) is 2.25. The molecular formula is C14H15ClO4S. The number of carbonyl (C=O) groups is 1. The molecule has 3 rings (SSSR count). The van der Waals surface area contributed by atoms with Crippen molar-refractivity contribution in [3.05, 3.63) is 29.3 Å². The molecule has 4 nitrogen and oxygen atoms in total. The molecule has 2 saturated carbocycles. The Hall–Kier alpha value is -1.07. The molecule has 1 N–H and O–H groups in total. The first-order valence-corrected chi connectivity index (χ1v) is 8.42. The molecule has 2 aliphatic rings. The van der Waals surface area contributed by atoms with Crippen molar-refractivity contribution in [2.24, 2.45) is 5.41 Å². The molecule has 108 valence electrons. The molecule has 0 atom stereocenters. The van der Waals surface area contributed by atoms with E-state index >= 15 is 0 Å². The molecule has 20 heavy (non-hydrogen) atoms. The Morgan fingerprint density at radius 2 is 1.80 bits per heavy atom. The normalized spacial score (nSPS) is 22.9. The fraction of sp³-hybridized carbons (Fsp3) is 0.500. The fourth-order valence-corrected chi connectivity index (χ4v) is 6.19. The number of hydrogen-bond donors (Lipinski definition) is 1. The fourth-order valence-electron chi connectivity index (χ4n) is 3.52. The van der Waals surface area contributed by atoms with Crippen LogP contribution in [0.25, 0.3) is 0 Å². The second-order valence-corrected chi connectivity index (χ2v) is 8.58. The van der Waals surface area contributed by atoms with E-state index in [1.165, 1.54) is 12.1 Å². The van der Waals surface area contributed by atoms with E-state index in [0.717, 1.165) is 19.3 Å². The van der Waals surface area contributed by atoms with Gasteiger partial charge in [0.1, 0.15) is 0 Å². The topological polar surface area (TPSA) is 71.4 Å². The van der Waals surface area contributed by atoms with Crippen molar-refractivity contribution >= 4 is 27.4 Å². The molecule has 2 aliphatic carbocycles. The molecule has 0 heterocycles. The van der Waals surface area contributed by atoms with Gasteiger partial charge >= 0.3 is 5.97 Å². The van der Waals surface area contributed by atoms with Crippen molar-refractivity contribution < 1.29 is 18.3 Å². The van der Waals surface area contributed by atoms with Crippen LogP contribution in [0.3, 0.4) is 0 Å². The van der Waals surface area contributed by atoms with Gasteiger partial charge in [0.2, 0.25) is 0 Å². The van der Waals surface area contributed by atoms with Crippen LogP contribution in [0.4, 0.5) is 0 Å². The maximum atomic E-state index is 12.8. The van der Waals surface area contributed by atoms with Crippen molar-refractivity contribution in [2.45, 2.75) is 41.7 Å². The summed E-state index contributed by atoms with van der Waals surface area (Å²) < 4.78 is 23.8. The molecule has 2 fully saturated rings. The van der Waals surface area contributed by atoms with Crippen LogP contribution in [0.15, 0.2) is 29.2 Å². The first-order chi connectivity index (χ1) is 9.33. The van der Waals surface area contributed by atoms with E-state index in [4.69, 9.17) is 11.6 Å². The first kappa shape index (κ1) is 13.9. The summed E-state index contributed by atoms with van der Waals surface area (Å²) in [6.07, 6.45) is 3.34. The van der Waals surface area contributed by atoms with Crippen molar-refractivity contribution in [1.82, 2.24) is 0 Å². The second-order valence-electron chi connectivity index (χ2n) is 5.94. The molecule has 1 aromatic rings. The van der Waals surface area contributed by atoms with E-state index in [1.807, 2.05) is 0 Å². The van der Waals surface area contributed by atoms with Gasteiger partial charge in [0, 0.05) is 0 Å². The minimum absolute atomic E-state index is 0.0628. The SMILES string of the molecule is O=C(O)C1(S(=O)(=O)c2ccccc2Cl)CC2(CCC2)C1. The van der Waals surface area contributed by atoms with Crippen LogP contribution in [-0.2, 0) is 14.6 Å². The van der Waals surface area contributed by atoms with Crippen LogP contribution >= 0.6 is 11.6 Å². The van der Waals surface area contributed by atoms with Crippen LogP contribution in [0.2, 0.25) is 5.02 Å². The highest BCUT2D eigenvalue weighted by Gasteiger charge is 2.68. The van der Waals surface area contributed by atoms with Crippen LogP contribution in [0.1, 0.15) is 32.1 Å². The zero-order valence-electron chi connectivity index (χ0n) is 10.8. The minimum atomic E-state index is -3.97. The van der Waals surface area contributed by atoms with Crippen molar-refractivity contribution in [1.29, 1.82) is 0 Å². The molecule has 0 aliphatic heterocycles. The van der Waals surface area contributed by atoms with Crippen molar-refractivity contribution in [2.75, 3.05) is 0 Å². The lowest BCUT2D eigenvalue weighted by atomic mass is 9.51. The van der Waals surface area contributed by atoms with Gasteiger partial charge in [-0.25, -0.2) is 8.42 Å². The van der Waals surface area contributed by atoms with Gasteiger partial charge in [-0.05, 0) is 43.2 Å². The van der Waals surface area contributed by atoms with Gasteiger partial charge in [0.25, 0.3) is 0 Å². The summed E-state index contributed by atoms with van der Waals surface area (Å²) in [7, 11) is -3.97. The van der Waals surface area contributed by atoms with Crippen LogP contribution in [-0.4, -0.2) is 24.2 Å². The summed E-state index contributed by atoms with van der Waals surface area (Å²) in [5, 5.41) is 9.59. The predicted octanol–water partition coefficient (Wildman–Crippen LogP) is 2.90. The summed E-state index contributed by atoms with van der Waals surface area (Å²) in [6.45, 7) is 0. The third-order valence-corrected chi connectivity index (χ3v) is 7.63. The van der Waals surface area contributed by atoms with Gasteiger partial charge in [-0.2, -0.15) is 0 Å². The largest absolute Gasteiger partial charge is 0.480 e. The lowest BCUT2D eigenvalue weighted by molar-refractivity contribution is -0.150. The van der Waals surface area contributed by atoms with E-state index in [2.05, 4.69) is 0 Å². The highest BCUT2D eigenvalue weighted by Crippen LogP contribution is 2.64. The summed E-state index contributed by atoms with van der Waals surface area (Å²) >= 11 is 5.95. The van der Waals surface area contributed by atoms with Gasteiger partial charge < -0.3 is 5.11 Å². The molecule has 0 saturated heterocycles. The smallest absolute Gasteiger partial charge is 0.325 e. The second kappa shape index (κ2) is 4.21. The third kappa shape index (κ3) is 1.66. The number of rotatable bonds is 3. The summed E-state index contributed by atoms with van der Waals surface area (Å²) in [6, 6.07) is 6.05. The zero-order valence-corrected chi connectivity index (χ0v) is 12.4. The minimum Gasteiger partial charge on any atom is -0.480 e. The Balaban J connectivity index is 2.05. The quantitative estimate of drug-likeness (QED) is 0.931. The highest BCUT2D eigenvalue weighted by molar-refractivity contribution is 7.93. The number of benzene rings is 1. The monoisotopic (exact) mass is 314 g/mol. The molecule has 0 unspecified atom stereocenters. The van der Waals surface area contributed by atoms with Crippen LogP contribution in [0, 0.1) is 5.41 Å². The maximum absolute atomic E-state index is 12.8. The molecule has 1 spiro atoms. The van der Waals surface area contributed by atoms with E-state index in [1.54, 1.807) is 12.1 Å². The molecule has 1 aromatic carbocycles. The summed E-state index contributed by atoms with van der Waals surface area (Å²) in [5.74, 6) is -1.25. The average molecular weight is 315 g/mol. The lowest BCUT2D eigenvalue weighted by Crippen LogP contribution is -2.63. The highest BCUT2D eigenvalue weighted by atomic mass is 35.5. The maximum Gasteiger partial charge on any atom is 0.325 e. The number of aliphatic carboxylic acids is 1. The van der Waals surface area contributed by atoms with Crippen LogP contribution in [0.5, 0.6) is 0 Å². The first-order valence-electron chi connectivity index (χ1n) is 6.56. The number of carboxylic acids is 1. The molecule has 0 bridgehead atoms. The Morgan fingerprint density at radius 1 is 1.20 bits per heavy atom. The summed E-state index contributed by atoms with van der Waals surface area (Å²) in [4.78, 5) is 11.6. The van der Waals surface area contributed by atoms with E-state index < -0.39 is 20.6 Å². The van der Waals surface area contributed by atoms with Crippen LogP contribution < -0.4 is 0 Å². The lowest BCUT2D eigenvalue weighted by Gasteiger charge is -2.58.